The Hall–Kier alpha value is -2.49. The van der Waals surface area contributed by atoms with Crippen molar-refractivity contribution in [1.82, 2.24) is 4.90 Å². The molecular weight excluding hydrogens is 348 g/mol. The Labute approximate surface area is 168 Å². The monoisotopic (exact) mass is 380 g/mol. The molecule has 1 aliphatic heterocycles. The molecule has 1 heterocycles. The van der Waals surface area contributed by atoms with Crippen molar-refractivity contribution in [3.63, 3.8) is 0 Å². The molecule has 1 unspecified atom stereocenters. The summed E-state index contributed by atoms with van der Waals surface area (Å²) in [5, 5.41) is 0. The fourth-order valence-corrected chi connectivity index (χ4v) is 4.11. The highest BCUT2D eigenvalue weighted by atomic mass is 16.5. The summed E-state index contributed by atoms with van der Waals surface area (Å²) in [4.78, 5) is 15.0. The number of amides is 1. The third kappa shape index (κ3) is 5.28. The van der Waals surface area contributed by atoms with E-state index in [1.54, 1.807) is 7.11 Å². The van der Waals surface area contributed by atoms with E-state index in [0.717, 1.165) is 68.5 Å². The second-order valence-corrected chi connectivity index (χ2v) is 7.64. The average molecular weight is 381 g/mol. The summed E-state index contributed by atoms with van der Waals surface area (Å²) in [5.41, 5.74) is 8.99. The molecule has 4 heteroatoms. The first-order valence-corrected chi connectivity index (χ1v) is 10.5. The molecule has 0 saturated carbocycles. The van der Waals surface area contributed by atoms with Crippen LogP contribution in [-0.4, -0.2) is 24.5 Å². The lowest BCUT2D eigenvalue weighted by Crippen LogP contribution is -2.38. The minimum absolute atomic E-state index is 0.146. The predicted octanol–water partition coefficient (Wildman–Crippen LogP) is 5.13. The summed E-state index contributed by atoms with van der Waals surface area (Å²) < 4.78 is 5.54. The van der Waals surface area contributed by atoms with Gasteiger partial charge in [-0.2, -0.15) is 0 Å². The lowest BCUT2D eigenvalue weighted by atomic mass is 9.94. The molecule has 0 aromatic heterocycles. The first-order valence-electron chi connectivity index (χ1n) is 10.5. The number of nitrogen functional groups attached to an aromatic ring is 1. The van der Waals surface area contributed by atoms with Crippen molar-refractivity contribution in [3.8, 4) is 5.75 Å². The van der Waals surface area contributed by atoms with Crippen LogP contribution in [0, 0.1) is 0 Å². The molecule has 0 radical (unpaired) electrons. The van der Waals surface area contributed by atoms with E-state index < -0.39 is 0 Å². The summed E-state index contributed by atoms with van der Waals surface area (Å²) in [5.74, 6) is 1.17. The lowest BCUT2D eigenvalue weighted by Gasteiger charge is -2.36. The van der Waals surface area contributed by atoms with Crippen molar-refractivity contribution >= 4 is 11.6 Å². The van der Waals surface area contributed by atoms with Crippen LogP contribution in [0.25, 0.3) is 0 Å². The number of nitrogens with zero attached hydrogens (tertiary/aromatic N) is 1. The highest BCUT2D eigenvalue weighted by molar-refractivity contribution is 5.77. The average Bonchev–Trinajstić information content (AvgIpc) is 2.74. The van der Waals surface area contributed by atoms with Gasteiger partial charge in [0.2, 0.25) is 5.91 Å². The first-order chi connectivity index (χ1) is 13.7. The number of unbranched alkanes of at least 4 members (excludes halogenated alkanes) is 2. The van der Waals surface area contributed by atoms with Crippen LogP contribution in [0.15, 0.2) is 48.5 Å². The van der Waals surface area contributed by atoms with Gasteiger partial charge in [-0.1, -0.05) is 36.8 Å². The van der Waals surface area contributed by atoms with E-state index in [1.807, 2.05) is 30.3 Å². The number of aryl methyl sites for hydroxylation is 1. The SMILES string of the molecule is COc1ccccc1C1CCCCN1C(=O)CCCCCc1ccc(N)cc1. The molecule has 1 atom stereocenters. The van der Waals surface area contributed by atoms with Gasteiger partial charge in [0, 0.05) is 24.2 Å². The third-order valence-electron chi connectivity index (χ3n) is 5.66. The molecule has 3 rings (SSSR count). The molecule has 2 aromatic carbocycles. The Kier molecular flexibility index (Phi) is 7.35. The quantitative estimate of drug-likeness (QED) is 0.510. The molecule has 2 N–H and O–H groups in total. The number of para-hydroxylation sites is 1. The number of piperidine rings is 1. The molecule has 0 bridgehead atoms. The fourth-order valence-electron chi connectivity index (χ4n) is 4.11. The van der Waals surface area contributed by atoms with Crippen LogP contribution in [-0.2, 0) is 11.2 Å². The number of rotatable bonds is 8. The molecule has 1 aliphatic rings. The first kappa shape index (κ1) is 20.2. The van der Waals surface area contributed by atoms with Crippen LogP contribution in [0.4, 0.5) is 5.69 Å². The van der Waals surface area contributed by atoms with E-state index in [9.17, 15) is 4.79 Å². The number of ether oxygens (including phenoxy) is 1. The molecule has 4 nitrogen and oxygen atoms in total. The summed E-state index contributed by atoms with van der Waals surface area (Å²) in [6.07, 6.45) is 8.07. The molecule has 150 valence electrons. The van der Waals surface area contributed by atoms with Gasteiger partial charge in [-0.25, -0.2) is 0 Å². The molecule has 2 aromatic rings. The Morgan fingerprint density at radius 3 is 2.64 bits per heavy atom. The zero-order valence-electron chi connectivity index (χ0n) is 16.9. The largest absolute Gasteiger partial charge is 0.496 e. The normalized spacial score (nSPS) is 16.8. The van der Waals surface area contributed by atoms with Crippen molar-refractivity contribution < 1.29 is 9.53 Å². The van der Waals surface area contributed by atoms with Crippen LogP contribution in [0.3, 0.4) is 0 Å². The van der Waals surface area contributed by atoms with Crippen LogP contribution in [0.2, 0.25) is 0 Å². The van der Waals surface area contributed by atoms with E-state index in [1.165, 1.54) is 5.56 Å². The maximum absolute atomic E-state index is 12.9. The Morgan fingerprint density at radius 2 is 1.86 bits per heavy atom. The Bertz CT molecular complexity index is 757. The maximum Gasteiger partial charge on any atom is 0.223 e. The summed E-state index contributed by atoms with van der Waals surface area (Å²) in [6, 6.07) is 16.3. The second-order valence-electron chi connectivity index (χ2n) is 7.64. The number of likely N-dealkylation sites (tertiary alicyclic amines) is 1. The van der Waals surface area contributed by atoms with E-state index in [2.05, 4.69) is 23.1 Å². The molecule has 1 amide bonds. The standard InChI is InChI=1S/C24H32N2O2/c1-28-23-12-6-5-10-21(23)22-11-7-8-18-26(22)24(27)13-4-2-3-9-19-14-16-20(25)17-15-19/h5-6,10,12,14-17,22H,2-4,7-9,11,13,18,25H2,1H3. The zero-order valence-corrected chi connectivity index (χ0v) is 16.9. The number of hydrogen-bond acceptors (Lipinski definition) is 3. The lowest BCUT2D eigenvalue weighted by molar-refractivity contribution is -0.135. The zero-order chi connectivity index (χ0) is 19.8. The van der Waals surface area contributed by atoms with Crippen molar-refractivity contribution in [2.75, 3.05) is 19.4 Å². The van der Waals surface area contributed by atoms with E-state index in [4.69, 9.17) is 10.5 Å². The van der Waals surface area contributed by atoms with Crippen molar-refractivity contribution in [1.29, 1.82) is 0 Å². The minimum atomic E-state index is 0.146. The van der Waals surface area contributed by atoms with E-state index in [0.29, 0.717) is 6.42 Å². The predicted molar refractivity (Wildman–Crippen MR) is 114 cm³/mol. The molecule has 0 spiro atoms. The van der Waals surface area contributed by atoms with Crippen LogP contribution in [0.5, 0.6) is 5.75 Å². The van der Waals surface area contributed by atoms with Gasteiger partial charge in [-0.15, -0.1) is 0 Å². The number of carbonyl (C=O) groups excluding carboxylic acids is 1. The summed E-state index contributed by atoms with van der Waals surface area (Å²) in [6.45, 7) is 0.854. The third-order valence-corrected chi connectivity index (χ3v) is 5.66. The van der Waals surface area contributed by atoms with Crippen LogP contribution < -0.4 is 10.5 Å². The number of anilines is 1. The second kappa shape index (κ2) is 10.2. The molecule has 1 fully saturated rings. The van der Waals surface area contributed by atoms with Gasteiger partial charge in [0.15, 0.2) is 0 Å². The smallest absolute Gasteiger partial charge is 0.223 e. The Morgan fingerprint density at radius 1 is 1.07 bits per heavy atom. The maximum atomic E-state index is 12.9. The summed E-state index contributed by atoms with van der Waals surface area (Å²) >= 11 is 0. The van der Waals surface area contributed by atoms with Gasteiger partial charge in [0.1, 0.15) is 5.75 Å². The number of carbonyl (C=O) groups is 1. The van der Waals surface area contributed by atoms with Gasteiger partial charge in [-0.05, 0) is 62.3 Å². The number of nitrogens with two attached hydrogens (primary N) is 1. The van der Waals surface area contributed by atoms with Crippen LogP contribution in [0.1, 0.15) is 62.1 Å². The highest BCUT2D eigenvalue weighted by Crippen LogP contribution is 2.36. The van der Waals surface area contributed by atoms with Crippen molar-refractivity contribution in [3.05, 3.63) is 59.7 Å². The number of benzene rings is 2. The Balaban J connectivity index is 1.50. The van der Waals surface area contributed by atoms with E-state index in [-0.39, 0.29) is 11.9 Å². The fraction of sp³-hybridized carbons (Fsp3) is 0.458. The van der Waals surface area contributed by atoms with E-state index >= 15 is 0 Å². The van der Waals surface area contributed by atoms with Gasteiger partial charge in [0.25, 0.3) is 0 Å². The minimum Gasteiger partial charge on any atom is -0.496 e. The molecular formula is C24H32N2O2. The molecule has 1 saturated heterocycles. The highest BCUT2D eigenvalue weighted by Gasteiger charge is 2.29. The van der Waals surface area contributed by atoms with Crippen LogP contribution >= 0.6 is 0 Å². The van der Waals surface area contributed by atoms with Gasteiger partial charge in [-0.3, -0.25) is 4.79 Å². The van der Waals surface area contributed by atoms with Gasteiger partial charge >= 0.3 is 0 Å². The molecule has 28 heavy (non-hydrogen) atoms. The summed E-state index contributed by atoms with van der Waals surface area (Å²) in [7, 11) is 1.70. The molecule has 0 aliphatic carbocycles. The number of methoxy groups -OCH3 is 1. The van der Waals surface area contributed by atoms with Crippen molar-refractivity contribution in [2.45, 2.75) is 57.4 Å². The topological polar surface area (TPSA) is 55.6 Å². The van der Waals surface area contributed by atoms with Gasteiger partial charge < -0.3 is 15.4 Å². The van der Waals surface area contributed by atoms with Gasteiger partial charge in [0.05, 0.1) is 13.2 Å². The number of hydrogen-bond donors (Lipinski definition) is 1. The van der Waals surface area contributed by atoms with Crippen molar-refractivity contribution in [2.24, 2.45) is 0 Å².